The molecule has 0 saturated carbocycles. The summed E-state index contributed by atoms with van der Waals surface area (Å²) in [4.78, 5) is 21.3. The summed E-state index contributed by atoms with van der Waals surface area (Å²) < 4.78 is 5.53. The highest BCUT2D eigenvalue weighted by atomic mass is 35.5. The van der Waals surface area contributed by atoms with Gasteiger partial charge < -0.3 is 9.84 Å². The first-order valence-electron chi connectivity index (χ1n) is 5.85. The van der Waals surface area contributed by atoms with Gasteiger partial charge in [-0.15, -0.1) is 0 Å². The maximum Gasteiger partial charge on any atom is 0.339 e. The van der Waals surface area contributed by atoms with Gasteiger partial charge in [0.1, 0.15) is 22.1 Å². The number of aromatic carboxylic acids is 1. The number of carbonyl (C=O) groups is 1. The highest BCUT2D eigenvalue weighted by molar-refractivity contribution is 6.32. The smallest absolute Gasteiger partial charge is 0.339 e. The third-order valence-corrected chi connectivity index (χ3v) is 3.08. The molecule has 0 unspecified atom stereocenters. The average molecular weight is 308 g/mol. The van der Waals surface area contributed by atoms with Crippen LogP contribution in [0.3, 0.4) is 0 Å². The fourth-order valence-electron chi connectivity index (χ4n) is 1.75. The van der Waals surface area contributed by atoms with E-state index in [4.69, 9.17) is 21.4 Å². The van der Waals surface area contributed by atoms with Crippen molar-refractivity contribution in [1.29, 1.82) is 0 Å². The fraction of sp³-hybridized carbons (Fsp3) is 0.0714. The highest BCUT2D eigenvalue weighted by Gasteiger charge is 2.18. The van der Waals surface area contributed by atoms with E-state index in [0.29, 0.717) is 5.56 Å². The van der Waals surface area contributed by atoms with Gasteiger partial charge in [0.05, 0.1) is 4.92 Å². The summed E-state index contributed by atoms with van der Waals surface area (Å²) in [5.41, 5.74) is 0.241. The zero-order chi connectivity index (χ0) is 15.6. The van der Waals surface area contributed by atoms with E-state index in [1.54, 1.807) is 19.1 Å². The summed E-state index contributed by atoms with van der Waals surface area (Å²) >= 11 is 5.83. The van der Waals surface area contributed by atoms with E-state index in [0.717, 1.165) is 0 Å². The van der Waals surface area contributed by atoms with Crippen molar-refractivity contribution in [3.05, 3.63) is 62.7 Å². The summed E-state index contributed by atoms with van der Waals surface area (Å²) in [5, 5.41) is 19.8. The van der Waals surface area contributed by atoms with Crippen LogP contribution in [-0.4, -0.2) is 16.0 Å². The quantitative estimate of drug-likeness (QED) is 0.680. The zero-order valence-electron chi connectivity index (χ0n) is 10.9. The summed E-state index contributed by atoms with van der Waals surface area (Å²) in [6.07, 6.45) is 0. The minimum atomic E-state index is -1.13. The molecular weight excluding hydrogens is 298 g/mol. The van der Waals surface area contributed by atoms with Gasteiger partial charge in [-0.25, -0.2) is 4.79 Å². The monoisotopic (exact) mass is 307 g/mol. The first kappa shape index (κ1) is 14.8. The average Bonchev–Trinajstić information content (AvgIpc) is 2.42. The second-order valence-corrected chi connectivity index (χ2v) is 4.64. The van der Waals surface area contributed by atoms with E-state index < -0.39 is 10.9 Å². The number of rotatable bonds is 4. The first-order chi connectivity index (χ1) is 9.90. The van der Waals surface area contributed by atoms with Gasteiger partial charge >= 0.3 is 5.97 Å². The van der Waals surface area contributed by atoms with Crippen LogP contribution in [-0.2, 0) is 0 Å². The normalized spacial score (nSPS) is 10.2. The first-order valence-corrected chi connectivity index (χ1v) is 6.22. The predicted molar refractivity (Wildman–Crippen MR) is 76.3 cm³/mol. The van der Waals surface area contributed by atoms with E-state index in [-0.39, 0.29) is 27.8 Å². The second kappa shape index (κ2) is 5.80. The van der Waals surface area contributed by atoms with Gasteiger partial charge in [-0.05, 0) is 24.6 Å². The number of nitro benzene ring substituents is 1. The molecule has 108 valence electrons. The van der Waals surface area contributed by atoms with Crippen molar-refractivity contribution >= 4 is 23.3 Å². The second-order valence-electron chi connectivity index (χ2n) is 4.23. The molecule has 2 aromatic rings. The summed E-state index contributed by atoms with van der Waals surface area (Å²) in [6, 6.07) is 8.68. The summed E-state index contributed by atoms with van der Waals surface area (Å²) in [7, 11) is 0. The van der Waals surface area contributed by atoms with Crippen LogP contribution in [0.5, 0.6) is 11.5 Å². The molecule has 0 amide bonds. The minimum Gasteiger partial charge on any atom is -0.478 e. The molecule has 21 heavy (non-hydrogen) atoms. The Morgan fingerprint density at radius 2 is 1.95 bits per heavy atom. The molecule has 0 aliphatic carbocycles. The van der Waals surface area contributed by atoms with Gasteiger partial charge in [-0.2, -0.15) is 0 Å². The van der Waals surface area contributed by atoms with E-state index in [2.05, 4.69) is 0 Å². The van der Waals surface area contributed by atoms with Gasteiger partial charge in [-0.3, -0.25) is 10.1 Å². The van der Waals surface area contributed by atoms with Crippen molar-refractivity contribution in [2.45, 2.75) is 6.92 Å². The summed E-state index contributed by atoms with van der Waals surface area (Å²) in [6.45, 7) is 1.61. The Morgan fingerprint density at radius 1 is 1.29 bits per heavy atom. The van der Waals surface area contributed by atoms with Crippen molar-refractivity contribution in [3.8, 4) is 11.5 Å². The maximum atomic E-state index is 11.1. The Labute approximate surface area is 124 Å². The number of ether oxygens (including phenoxy) is 1. The van der Waals surface area contributed by atoms with Gasteiger partial charge in [0.15, 0.2) is 0 Å². The third-order valence-electron chi connectivity index (χ3n) is 2.78. The Hall–Kier alpha value is -2.60. The molecule has 0 aliphatic rings. The lowest BCUT2D eigenvalue weighted by Gasteiger charge is -2.11. The number of carboxylic acids is 1. The molecule has 0 bridgehead atoms. The van der Waals surface area contributed by atoms with E-state index >= 15 is 0 Å². The van der Waals surface area contributed by atoms with E-state index in [1.807, 2.05) is 0 Å². The molecule has 1 N–H and O–H groups in total. The number of nitro groups is 1. The molecule has 0 aliphatic heterocycles. The molecule has 0 radical (unpaired) electrons. The van der Waals surface area contributed by atoms with E-state index in [9.17, 15) is 14.9 Å². The lowest BCUT2D eigenvalue weighted by Crippen LogP contribution is -2.00. The number of aryl methyl sites for hydroxylation is 1. The summed E-state index contributed by atoms with van der Waals surface area (Å²) in [5.74, 6) is -0.728. The third kappa shape index (κ3) is 3.11. The molecule has 2 aromatic carbocycles. The van der Waals surface area contributed by atoms with Crippen LogP contribution in [0.2, 0.25) is 5.02 Å². The number of hydrogen-bond donors (Lipinski definition) is 1. The van der Waals surface area contributed by atoms with Crippen LogP contribution < -0.4 is 4.74 Å². The Balaban J connectivity index is 2.44. The maximum absolute atomic E-state index is 11.1. The van der Waals surface area contributed by atoms with Crippen molar-refractivity contribution < 1.29 is 19.6 Å². The van der Waals surface area contributed by atoms with Gasteiger partial charge in [-0.1, -0.05) is 23.7 Å². The molecule has 2 rings (SSSR count). The molecule has 6 nitrogen and oxygen atoms in total. The van der Waals surface area contributed by atoms with Gasteiger partial charge in [0.25, 0.3) is 5.69 Å². The number of nitrogens with zero attached hydrogens (tertiary/aromatic N) is 1. The van der Waals surface area contributed by atoms with Gasteiger partial charge in [0.2, 0.25) is 0 Å². The zero-order valence-corrected chi connectivity index (χ0v) is 11.6. The lowest BCUT2D eigenvalue weighted by molar-refractivity contribution is -0.384. The number of halogens is 1. The molecular formula is C14H10ClNO5. The molecule has 0 spiro atoms. The minimum absolute atomic E-state index is 0.00799. The molecule has 0 saturated heterocycles. The topological polar surface area (TPSA) is 89.7 Å². The highest BCUT2D eigenvalue weighted by Crippen LogP contribution is 2.35. The Kier molecular flexibility index (Phi) is 4.09. The molecule has 0 fully saturated rings. The van der Waals surface area contributed by atoms with Crippen LogP contribution in [0.25, 0.3) is 0 Å². The van der Waals surface area contributed by atoms with Crippen molar-refractivity contribution in [2.24, 2.45) is 0 Å². The molecule has 0 atom stereocenters. The number of carboxylic acid groups (broad SMARTS) is 1. The number of benzene rings is 2. The lowest BCUT2D eigenvalue weighted by atomic mass is 10.2. The SMILES string of the molecule is Cc1cc([N+](=O)[O-])c(Cl)cc1Oc1ccccc1C(=O)O. The predicted octanol–water partition coefficient (Wildman–Crippen LogP) is 4.05. The molecule has 0 aromatic heterocycles. The fourth-order valence-corrected chi connectivity index (χ4v) is 1.97. The van der Waals surface area contributed by atoms with Gasteiger partial charge in [0, 0.05) is 12.1 Å². The molecule has 0 heterocycles. The van der Waals surface area contributed by atoms with Crippen molar-refractivity contribution in [1.82, 2.24) is 0 Å². The van der Waals surface area contributed by atoms with Crippen LogP contribution in [0, 0.1) is 17.0 Å². The standard InChI is InChI=1S/C14H10ClNO5/c1-8-6-11(16(19)20)10(15)7-13(8)21-12-5-3-2-4-9(12)14(17)18/h2-7H,1H3,(H,17,18). The van der Waals surface area contributed by atoms with Crippen LogP contribution in [0.1, 0.15) is 15.9 Å². The van der Waals surface area contributed by atoms with Crippen LogP contribution >= 0.6 is 11.6 Å². The van der Waals surface area contributed by atoms with E-state index in [1.165, 1.54) is 24.3 Å². The largest absolute Gasteiger partial charge is 0.478 e. The van der Waals surface area contributed by atoms with Crippen LogP contribution in [0.4, 0.5) is 5.69 Å². The van der Waals surface area contributed by atoms with Crippen LogP contribution in [0.15, 0.2) is 36.4 Å². The Bertz CT molecular complexity index is 729. The number of para-hydroxylation sites is 1. The molecule has 7 heteroatoms. The number of hydrogen-bond acceptors (Lipinski definition) is 4. The Morgan fingerprint density at radius 3 is 2.57 bits per heavy atom. The van der Waals surface area contributed by atoms with Crippen molar-refractivity contribution in [3.63, 3.8) is 0 Å². The van der Waals surface area contributed by atoms with Crippen molar-refractivity contribution in [2.75, 3.05) is 0 Å².